The molecule has 1 aromatic rings. The summed E-state index contributed by atoms with van der Waals surface area (Å²) in [5.74, 6) is -0.210. The number of rotatable bonds is 5. The molecule has 2 aliphatic rings. The fourth-order valence-corrected chi connectivity index (χ4v) is 3.55. The van der Waals surface area contributed by atoms with Crippen LogP contribution in [0.4, 0.5) is 0 Å². The molecule has 0 aromatic carbocycles. The normalized spacial score (nSPS) is 27.3. The van der Waals surface area contributed by atoms with Crippen LogP contribution in [0.3, 0.4) is 0 Å². The molecule has 1 saturated carbocycles. The van der Waals surface area contributed by atoms with Gasteiger partial charge >= 0.3 is 0 Å². The predicted molar refractivity (Wildman–Crippen MR) is 89.0 cm³/mol. The fourth-order valence-electron chi connectivity index (χ4n) is 3.55. The SMILES string of the molecule is COC1CCC(NC(=O)C2CC(=O)N(Cc3ccccn3)C2)CC1. The van der Waals surface area contributed by atoms with Crippen LogP contribution in [0.1, 0.15) is 37.8 Å². The van der Waals surface area contributed by atoms with Gasteiger partial charge in [0.2, 0.25) is 11.8 Å². The largest absolute Gasteiger partial charge is 0.381 e. The van der Waals surface area contributed by atoms with Crippen LogP contribution >= 0.6 is 0 Å². The Bertz CT molecular complexity index is 570. The Balaban J connectivity index is 1.49. The second-order valence-corrected chi connectivity index (χ2v) is 6.71. The second-order valence-electron chi connectivity index (χ2n) is 6.71. The number of carbonyl (C=O) groups excluding carboxylic acids is 2. The molecule has 1 aliphatic heterocycles. The van der Waals surface area contributed by atoms with Crippen molar-refractivity contribution in [3.8, 4) is 0 Å². The molecule has 24 heavy (non-hydrogen) atoms. The van der Waals surface area contributed by atoms with Gasteiger partial charge in [-0.15, -0.1) is 0 Å². The van der Waals surface area contributed by atoms with Crippen molar-refractivity contribution < 1.29 is 14.3 Å². The fraction of sp³-hybridized carbons (Fsp3) is 0.611. The van der Waals surface area contributed by atoms with Crippen LogP contribution in [0.25, 0.3) is 0 Å². The van der Waals surface area contributed by atoms with Crippen LogP contribution in [0.2, 0.25) is 0 Å². The van der Waals surface area contributed by atoms with E-state index >= 15 is 0 Å². The van der Waals surface area contributed by atoms with Crippen LogP contribution in [-0.2, 0) is 20.9 Å². The number of nitrogens with zero attached hydrogens (tertiary/aromatic N) is 2. The highest BCUT2D eigenvalue weighted by Crippen LogP contribution is 2.23. The van der Waals surface area contributed by atoms with Gasteiger partial charge in [-0.25, -0.2) is 0 Å². The summed E-state index contributed by atoms with van der Waals surface area (Å²) in [7, 11) is 1.74. The van der Waals surface area contributed by atoms with E-state index in [1.165, 1.54) is 0 Å². The van der Waals surface area contributed by atoms with Crippen molar-refractivity contribution in [3.05, 3.63) is 30.1 Å². The zero-order chi connectivity index (χ0) is 16.9. The molecular weight excluding hydrogens is 306 g/mol. The van der Waals surface area contributed by atoms with E-state index in [1.54, 1.807) is 18.2 Å². The van der Waals surface area contributed by atoms with Gasteiger partial charge in [-0.3, -0.25) is 14.6 Å². The zero-order valence-corrected chi connectivity index (χ0v) is 14.1. The number of nitrogens with one attached hydrogen (secondary N) is 1. The number of aromatic nitrogens is 1. The first-order valence-electron chi connectivity index (χ1n) is 8.66. The molecule has 6 heteroatoms. The Labute approximate surface area is 142 Å². The molecular formula is C18H25N3O3. The number of amides is 2. The summed E-state index contributed by atoms with van der Waals surface area (Å²) in [6.07, 6.45) is 6.20. The molecule has 1 aromatic heterocycles. The quantitative estimate of drug-likeness (QED) is 0.888. The number of hydrogen-bond acceptors (Lipinski definition) is 4. The third kappa shape index (κ3) is 4.12. The maximum Gasteiger partial charge on any atom is 0.225 e. The Morgan fingerprint density at radius 3 is 2.79 bits per heavy atom. The molecule has 0 bridgehead atoms. The van der Waals surface area contributed by atoms with Gasteiger partial charge in [-0.2, -0.15) is 0 Å². The topological polar surface area (TPSA) is 71.5 Å². The third-order valence-electron chi connectivity index (χ3n) is 5.02. The van der Waals surface area contributed by atoms with E-state index in [0.29, 0.717) is 25.6 Å². The van der Waals surface area contributed by atoms with E-state index in [2.05, 4.69) is 10.3 Å². The Kier molecular flexibility index (Phi) is 5.45. The lowest BCUT2D eigenvalue weighted by molar-refractivity contribution is -0.129. The standard InChI is InChI=1S/C18H25N3O3/c1-24-16-7-5-14(6-8-16)20-18(23)13-10-17(22)21(11-13)12-15-4-2-3-9-19-15/h2-4,9,13-14,16H,5-8,10-12H2,1H3,(H,20,23). The van der Waals surface area contributed by atoms with Crippen molar-refractivity contribution in [3.63, 3.8) is 0 Å². The average Bonchev–Trinajstić information content (AvgIpc) is 2.97. The third-order valence-corrected chi connectivity index (χ3v) is 5.02. The number of hydrogen-bond donors (Lipinski definition) is 1. The molecule has 1 atom stereocenters. The molecule has 0 spiro atoms. The van der Waals surface area contributed by atoms with Crippen molar-refractivity contribution in [1.82, 2.24) is 15.2 Å². The van der Waals surface area contributed by atoms with E-state index < -0.39 is 0 Å². The van der Waals surface area contributed by atoms with Gasteiger partial charge in [-0.1, -0.05) is 6.07 Å². The zero-order valence-electron chi connectivity index (χ0n) is 14.1. The predicted octanol–water partition coefficient (Wildman–Crippen LogP) is 1.50. The molecule has 2 heterocycles. The smallest absolute Gasteiger partial charge is 0.225 e. The molecule has 2 amide bonds. The first-order chi connectivity index (χ1) is 11.7. The molecule has 1 saturated heterocycles. The highest BCUT2D eigenvalue weighted by molar-refractivity contribution is 5.89. The number of pyridine rings is 1. The van der Waals surface area contributed by atoms with Crippen molar-refractivity contribution in [2.75, 3.05) is 13.7 Å². The lowest BCUT2D eigenvalue weighted by Crippen LogP contribution is -2.42. The van der Waals surface area contributed by atoms with Gasteiger partial charge in [0.05, 0.1) is 24.3 Å². The van der Waals surface area contributed by atoms with E-state index in [1.807, 2.05) is 18.2 Å². The summed E-state index contributed by atoms with van der Waals surface area (Å²) in [6, 6.07) is 5.87. The van der Waals surface area contributed by atoms with E-state index in [4.69, 9.17) is 4.74 Å². The Morgan fingerprint density at radius 1 is 1.33 bits per heavy atom. The minimum Gasteiger partial charge on any atom is -0.381 e. The van der Waals surface area contributed by atoms with Gasteiger partial charge in [0.1, 0.15) is 0 Å². The summed E-state index contributed by atoms with van der Waals surface area (Å²) in [5, 5.41) is 3.12. The number of likely N-dealkylation sites (tertiary alicyclic amines) is 1. The van der Waals surface area contributed by atoms with Gasteiger partial charge in [0.25, 0.3) is 0 Å². The average molecular weight is 331 g/mol. The molecule has 6 nitrogen and oxygen atoms in total. The first kappa shape index (κ1) is 16.9. The van der Waals surface area contributed by atoms with Crippen molar-refractivity contribution >= 4 is 11.8 Å². The molecule has 1 unspecified atom stereocenters. The monoisotopic (exact) mass is 331 g/mol. The summed E-state index contributed by atoms with van der Waals surface area (Å²) in [4.78, 5) is 30.6. The molecule has 0 radical (unpaired) electrons. The molecule has 130 valence electrons. The summed E-state index contributed by atoms with van der Waals surface area (Å²) in [5.41, 5.74) is 0.852. The van der Waals surface area contributed by atoms with Crippen molar-refractivity contribution in [2.24, 2.45) is 5.92 Å². The number of carbonyl (C=O) groups is 2. The first-order valence-corrected chi connectivity index (χ1v) is 8.66. The maximum atomic E-state index is 12.5. The lowest BCUT2D eigenvalue weighted by atomic mass is 9.92. The number of ether oxygens (including phenoxy) is 1. The second kappa shape index (κ2) is 7.75. The van der Waals surface area contributed by atoms with Crippen molar-refractivity contribution in [2.45, 2.75) is 50.8 Å². The maximum absolute atomic E-state index is 12.5. The minimum atomic E-state index is -0.249. The Hall–Kier alpha value is -1.95. The van der Waals surface area contributed by atoms with Gasteiger partial charge in [0.15, 0.2) is 0 Å². The number of methoxy groups -OCH3 is 1. The van der Waals surface area contributed by atoms with E-state index in [-0.39, 0.29) is 23.8 Å². The van der Waals surface area contributed by atoms with Crippen LogP contribution in [0.5, 0.6) is 0 Å². The van der Waals surface area contributed by atoms with E-state index in [9.17, 15) is 9.59 Å². The van der Waals surface area contributed by atoms with Gasteiger partial charge in [-0.05, 0) is 37.8 Å². The summed E-state index contributed by atoms with van der Waals surface area (Å²) in [6.45, 7) is 0.955. The van der Waals surface area contributed by atoms with Gasteiger partial charge in [0, 0.05) is 32.3 Å². The van der Waals surface area contributed by atoms with Crippen LogP contribution in [0, 0.1) is 5.92 Å². The summed E-state index contributed by atoms with van der Waals surface area (Å²) < 4.78 is 5.36. The van der Waals surface area contributed by atoms with Crippen LogP contribution < -0.4 is 5.32 Å². The molecule has 1 aliphatic carbocycles. The van der Waals surface area contributed by atoms with Crippen LogP contribution in [-0.4, -0.2) is 47.5 Å². The van der Waals surface area contributed by atoms with Gasteiger partial charge < -0.3 is 15.0 Å². The highest BCUT2D eigenvalue weighted by atomic mass is 16.5. The van der Waals surface area contributed by atoms with Crippen molar-refractivity contribution in [1.29, 1.82) is 0 Å². The molecule has 1 N–H and O–H groups in total. The minimum absolute atomic E-state index is 0.00716. The summed E-state index contributed by atoms with van der Waals surface area (Å²) >= 11 is 0. The van der Waals surface area contributed by atoms with E-state index in [0.717, 1.165) is 31.4 Å². The Morgan fingerprint density at radius 2 is 2.12 bits per heavy atom. The molecule has 3 rings (SSSR count). The lowest BCUT2D eigenvalue weighted by Gasteiger charge is -2.29. The van der Waals surface area contributed by atoms with Crippen LogP contribution in [0.15, 0.2) is 24.4 Å². The highest BCUT2D eigenvalue weighted by Gasteiger charge is 2.35. The molecule has 2 fully saturated rings.